The molecule has 2 heterocycles. The van der Waals surface area contributed by atoms with Crippen LogP contribution in [0.1, 0.15) is 6.42 Å². The summed E-state index contributed by atoms with van der Waals surface area (Å²) in [5, 5.41) is 12.2. The third-order valence-electron chi connectivity index (χ3n) is 3.28. The third-order valence-corrected chi connectivity index (χ3v) is 3.28. The zero-order valence-electron chi connectivity index (χ0n) is 8.06. The molecule has 0 radical (unpaired) electrons. The molecule has 3 atom stereocenters. The quantitative estimate of drug-likeness (QED) is 0.575. The number of nitrogens with one attached hydrogen (secondary N) is 1. The molecule has 2 aliphatic heterocycles. The van der Waals surface area contributed by atoms with E-state index in [0.717, 1.165) is 13.0 Å². The molecule has 0 aromatic carbocycles. The lowest BCUT2D eigenvalue weighted by atomic mass is 9.85. The zero-order chi connectivity index (χ0) is 10.3. The van der Waals surface area contributed by atoms with Gasteiger partial charge in [-0.3, -0.25) is 4.79 Å². The summed E-state index contributed by atoms with van der Waals surface area (Å²) in [6.07, 6.45) is 0.776. The average Bonchev–Trinajstić information content (AvgIpc) is 2.41. The Balaban J connectivity index is 2.26. The maximum Gasteiger partial charge on any atom is 0.326 e. The number of likely N-dealkylation sites (N-methyl/N-ethyl adjacent to an activating group) is 1. The van der Waals surface area contributed by atoms with Crippen molar-refractivity contribution in [3.05, 3.63) is 0 Å². The number of carboxylic acid groups (broad SMARTS) is 1. The number of hydrogen-bond donors (Lipinski definition) is 2. The largest absolute Gasteiger partial charge is 0.480 e. The van der Waals surface area contributed by atoms with E-state index in [0.29, 0.717) is 6.54 Å². The molecule has 0 aliphatic carbocycles. The van der Waals surface area contributed by atoms with E-state index in [1.54, 1.807) is 7.05 Å². The van der Waals surface area contributed by atoms with Crippen molar-refractivity contribution < 1.29 is 14.7 Å². The smallest absolute Gasteiger partial charge is 0.326 e. The molecule has 2 aliphatic rings. The number of aliphatic carboxylic acids is 1. The van der Waals surface area contributed by atoms with Crippen molar-refractivity contribution in [2.75, 3.05) is 20.1 Å². The van der Waals surface area contributed by atoms with Crippen molar-refractivity contribution >= 4 is 11.9 Å². The predicted octanol–water partition coefficient (Wildman–Crippen LogP) is -0.863. The summed E-state index contributed by atoms with van der Waals surface area (Å²) in [6.45, 7) is 1.43. The molecule has 0 aromatic heterocycles. The van der Waals surface area contributed by atoms with Crippen molar-refractivity contribution in [2.45, 2.75) is 12.5 Å². The Morgan fingerprint density at radius 1 is 1.64 bits per heavy atom. The van der Waals surface area contributed by atoms with E-state index in [2.05, 4.69) is 5.32 Å². The van der Waals surface area contributed by atoms with E-state index < -0.39 is 12.0 Å². The molecule has 0 bridgehead atoms. The molecule has 0 aromatic rings. The minimum absolute atomic E-state index is 0.00810. The number of nitrogens with zero attached hydrogens (tertiary/aromatic N) is 1. The van der Waals surface area contributed by atoms with Gasteiger partial charge in [0.05, 0.1) is 5.92 Å². The van der Waals surface area contributed by atoms with E-state index in [9.17, 15) is 9.59 Å². The normalized spacial score (nSPS) is 37.1. The number of likely N-dealkylation sites (tertiary alicyclic amines) is 1. The SMILES string of the molecule is CN1C(=O)[C@H]2CNCC[C@H]2C1C(=O)O. The number of carbonyl (C=O) groups is 2. The van der Waals surface area contributed by atoms with Crippen LogP contribution in [-0.4, -0.2) is 48.1 Å². The molecular formula is C9H14N2O3. The van der Waals surface area contributed by atoms with Crippen LogP contribution in [0.4, 0.5) is 0 Å². The minimum atomic E-state index is -0.879. The van der Waals surface area contributed by atoms with Crippen LogP contribution >= 0.6 is 0 Å². The van der Waals surface area contributed by atoms with Crippen molar-refractivity contribution in [2.24, 2.45) is 11.8 Å². The first kappa shape index (κ1) is 9.45. The Labute approximate surface area is 82.1 Å². The highest BCUT2D eigenvalue weighted by Crippen LogP contribution is 2.34. The van der Waals surface area contributed by atoms with Crippen LogP contribution in [0, 0.1) is 11.8 Å². The second-order valence-corrected chi connectivity index (χ2v) is 4.00. The molecular weight excluding hydrogens is 184 g/mol. The Hall–Kier alpha value is -1.10. The number of carboxylic acids is 1. The molecule has 2 saturated heterocycles. The van der Waals surface area contributed by atoms with E-state index in [4.69, 9.17) is 5.11 Å². The fraction of sp³-hybridized carbons (Fsp3) is 0.778. The van der Waals surface area contributed by atoms with Gasteiger partial charge in [0.1, 0.15) is 6.04 Å². The average molecular weight is 198 g/mol. The van der Waals surface area contributed by atoms with E-state index >= 15 is 0 Å². The molecule has 78 valence electrons. The Bertz CT molecular complexity index is 279. The first-order valence-corrected chi connectivity index (χ1v) is 4.83. The van der Waals surface area contributed by atoms with Gasteiger partial charge >= 0.3 is 5.97 Å². The molecule has 2 fully saturated rings. The summed E-state index contributed by atoms with van der Waals surface area (Å²) in [6, 6.07) is -0.616. The summed E-state index contributed by atoms with van der Waals surface area (Å²) < 4.78 is 0. The van der Waals surface area contributed by atoms with Gasteiger partial charge in [0.15, 0.2) is 0 Å². The predicted molar refractivity (Wildman–Crippen MR) is 48.7 cm³/mol. The number of hydrogen-bond acceptors (Lipinski definition) is 3. The van der Waals surface area contributed by atoms with Gasteiger partial charge in [0, 0.05) is 19.5 Å². The molecule has 1 unspecified atom stereocenters. The number of rotatable bonds is 1. The lowest BCUT2D eigenvalue weighted by Crippen LogP contribution is -2.41. The van der Waals surface area contributed by atoms with Gasteiger partial charge in [0.25, 0.3) is 0 Å². The summed E-state index contributed by atoms with van der Waals surface area (Å²) in [7, 11) is 1.58. The second kappa shape index (κ2) is 3.24. The van der Waals surface area contributed by atoms with Crippen molar-refractivity contribution in [1.29, 1.82) is 0 Å². The number of fused-ring (bicyclic) bond motifs is 1. The highest BCUT2D eigenvalue weighted by molar-refractivity contribution is 5.89. The lowest BCUT2D eigenvalue weighted by Gasteiger charge is -2.26. The van der Waals surface area contributed by atoms with Crippen molar-refractivity contribution in [1.82, 2.24) is 10.2 Å². The van der Waals surface area contributed by atoms with Gasteiger partial charge in [-0.1, -0.05) is 0 Å². The summed E-state index contributed by atoms with van der Waals surface area (Å²) >= 11 is 0. The van der Waals surface area contributed by atoms with Gasteiger partial charge in [-0.05, 0) is 13.0 Å². The molecule has 2 rings (SSSR count). The zero-order valence-corrected chi connectivity index (χ0v) is 8.06. The Kier molecular flexibility index (Phi) is 2.19. The Morgan fingerprint density at radius 3 is 3.00 bits per heavy atom. The van der Waals surface area contributed by atoms with Gasteiger partial charge < -0.3 is 15.3 Å². The van der Waals surface area contributed by atoms with Crippen LogP contribution < -0.4 is 5.32 Å². The fourth-order valence-electron chi connectivity index (χ4n) is 2.56. The maximum atomic E-state index is 11.7. The third kappa shape index (κ3) is 1.19. The molecule has 0 spiro atoms. The maximum absolute atomic E-state index is 11.7. The molecule has 0 saturated carbocycles. The minimum Gasteiger partial charge on any atom is -0.480 e. The molecule has 5 heteroatoms. The summed E-state index contributed by atoms with van der Waals surface area (Å²) in [4.78, 5) is 24.1. The second-order valence-electron chi connectivity index (χ2n) is 4.00. The van der Waals surface area contributed by atoms with Crippen LogP contribution in [0.5, 0.6) is 0 Å². The first-order chi connectivity index (χ1) is 6.63. The van der Waals surface area contributed by atoms with Gasteiger partial charge in [-0.2, -0.15) is 0 Å². The number of piperidine rings is 1. The number of amides is 1. The fourth-order valence-corrected chi connectivity index (χ4v) is 2.56. The van der Waals surface area contributed by atoms with E-state index in [1.165, 1.54) is 4.90 Å². The van der Waals surface area contributed by atoms with Crippen molar-refractivity contribution in [3.8, 4) is 0 Å². The topological polar surface area (TPSA) is 69.6 Å². The van der Waals surface area contributed by atoms with Gasteiger partial charge in [-0.25, -0.2) is 4.79 Å². The standard InChI is InChI=1S/C9H14N2O3/c1-11-7(9(13)14)5-2-3-10-4-6(5)8(11)12/h5-7,10H,2-4H2,1H3,(H,13,14)/t5-,6+,7?/m1/s1. The van der Waals surface area contributed by atoms with Crippen LogP contribution in [0.15, 0.2) is 0 Å². The van der Waals surface area contributed by atoms with Crippen LogP contribution in [0.2, 0.25) is 0 Å². The van der Waals surface area contributed by atoms with Gasteiger partial charge in [0.2, 0.25) is 5.91 Å². The molecule has 14 heavy (non-hydrogen) atoms. The van der Waals surface area contributed by atoms with Crippen LogP contribution in [-0.2, 0) is 9.59 Å². The highest BCUT2D eigenvalue weighted by Gasteiger charge is 2.50. The first-order valence-electron chi connectivity index (χ1n) is 4.83. The van der Waals surface area contributed by atoms with Gasteiger partial charge in [-0.15, -0.1) is 0 Å². The highest BCUT2D eigenvalue weighted by atomic mass is 16.4. The summed E-state index contributed by atoms with van der Waals surface area (Å²) in [5.74, 6) is -1.05. The lowest BCUT2D eigenvalue weighted by molar-refractivity contribution is -0.146. The Morgan fingerprint density at radius 2 is 2.36 bits per heavy atom. The monoisotopic (exact) mass is 198 g/mol. The number of carbonyl (C=O) groups excluding carboxylic acids is 1. The molecule has 5 nitrogen and oxygen atoms in total. The molecule has 1 amide bonds. The van der Waals surface area contributed by atoms with E-state index in [-0.39, 0.29) is 17.7 Å². The van der Waals surface area contributed by atoms with Crippen LogP contribution in [0.3, 0.4) is 0 Å². The van der Waals surface area contributed by atoms with E-state index in [1.807, 2.05) is 0 Å². The summed E-state index contributed by atoms with van der Waals surface area (Å²) in [5.41, 5.74) is 0. The van der Waals surface area contributed by atoms with Crippen molar-refractivity contribution in [3.63, 3.8) is 0 Å². The van der Waals surface area contributed by atoms with Crippen LogP contribution in [0.25, 0.3) is 0 Å². The molecule has 2 N–H and O–H groups in total.